The van der Waals surface area contributed by atoms with Crippen LogP contribution in [0.4, 0.5) is 0 Å². The molecule has 0 aliphatic carbocycles. The zero-order valence-electron chi connectivity index (χ0n) is 14.0. The molecule has 0 radical (unpaired) electrons. The van der Waals surface area contributed by atoms with Crippen LogP contribution in [0, 0.1) is 13.8 Å². The quantitative estimate of drug-likeness (QED) is 0.473. The van der Waals surface area contributed by atoms with E-state index in [9.17, 15) is 0 Å². The number of hydrogen-bond donors (Lipinski definition) is 1. The molecule has 25 heavy (non-hydrogen) atoms. The second-order valence-corrected chi connectivity index (χ2v) is 6.48. The summed E-state index contributed by atoms with van der Waals surface area (Å²) in [5.74, 6) is 2.14. The van der Waals surface area contributed by atoms with Gasteiger partial charge in [-0.05, 0) is 38.1 Å². The summed E-state index contributed by atoms with van der Waals surface area (Å²) in [5.41, 5.74) is 5.04. The maximum Gasteiger partial charge on any atom is 0.174 e. The predicted octanol–water partition coefficient (Wildman–Crippen LogP) is 6.27. The minimum atomic E-state index is 0.673. The third kappa shape index (κ3) is 2.99. The smallest absolute Gasteiger partial charge is 0.174 e. The fourth-order valence-corrected chi connectivity index (χ4v) is 3.10. The van der Waals surface area contributed by atoms with Gasteiger partial charge in [0.25, 0.3) is 0 Å². The maximum atomic E-state index is 6.31. The third-order valence-corrected chi connectivity index (χ3v) is 4.49. The lowest BCUT2D eigenvalue weighted by atomic mass is 10.1. The number of H-pyrrole nitrogens is 1. The van der Waals surface area contributed by atoms with Crippen LogP contribution in [-0.2, 0) is 0 Å². The van der Waals surface area contributed by atoms with Crippen molar-refractivity contribution in [3.63, 3.8) is 0 Å². The molecule has 0 spiro atoms. The first-order valence-corrected chi connectivity index (χ1v) is 8.48. The van der Waals surface area contributed by atoms with Crippen LogP contribution in [0.1, 0.15) is 11.3 Å². The van der Waals surface area contributed by atoms with E-state index < -0.39 is 0 Å². The highest BCUT2D eigenvalue weighted by Gasteiger charge is 2.15. The van der Waals surface area contributed by atoms with Crippen LogP contribution in [0.3, 0.4) is 0 Å². The highest BCUT2D eigenvalue weighted by Crippen LogP contribution is 2.33. The van der Waals surface area contributed by atoms with E-state index in [2.05, 4.69) is 4.98 Å². The molecule has 0 saturated heterocycles. The average molecular weight is 349 g/mol. The lowest BCUT2D eigenvalue weighted by Gasteiger charge is -2.02. The number of aromatic nitrogens is 2. The number of aromatic amines is 1. The average Bonchev–Trinajstić information content (AvgIpc) is 3.24. The van der Waals surface area contributed by atoms with Crippen molar-refractivity contribution in [2.75, 3.05) is 0 Å². The molecule has 0 fully saturated rings. The molecule has 3 nitrogen and oxygen atoms in total. The largest absolute Gasteiger partial charge is 0.453 e. The van der Waals surface area contributed by atoms with E-state index in [-0.39, 0.29) is 0 Å². The molecule has 0 aliphatic rings. The van der Waals surface area contributed by atoms with Crippen LogP contribution >= 0.6 is 11.6 Å². The van der Waals surface area contributed by atoms with Gasteiger partial charge in [0, 0.05) is 16.8 Å². The number of benzene rings is 2. The van der Waals surface area contributed by atoms with Gasteiger partial charge in [-0.1, -0.05) is 53.6 Å². The molecule has 4 heteroatoms. The summed E-state index contributed by atoms with van der Waals surface area (Å²) in [4.78, 5) is 8.03. The highest BCUT2D eigenvalue weighted by atomic mass is 35.5. The molecule has 1 N–H and O–H groups in total. The fourth-order valence-electron chi connectivity index (χ4n) is 2.89. The molecule has 0 atom stereocenters. The number of rotatable bonds is 3. The van der Waals surface area contributed by atoms with Crippen molar-refractivity contribution in [2.24, 2.45) is 0 Å². The van der Waals surface area contributed by atoms with Crippen molar-refractivity contribution in [1.29, 1.82) is 0 Å². The molecular formula is C21H17ClN2O. The topological polar surface area (TPSA) is 41.8 Å². The Bertz CT molecular complexity index is 1030. The lowest BCUT2D eigenvalue weighted by molar-refractivity contribution is 0.593. The molecule has 0 bridgehead atoms. The third-order valence-electron chi connectivity index (χ3n) is 4.16. The van der Waals surface area contributed by atoms with Gasteiger partial charge in [0.1, 0.15) is 5.76 Å². The van der Waals surface area contributed by atoms with Crippen LogP contribution in [0.25, 0.3) is 34.2 Å². The van der Waals surface area contributed by atoms with Crippen LogP contribution in [-0.4, -0.2) is 9.97 Å². The summed E-state index contributed by atoms with van der Waals surface area (Å²) in [6.07, 6.45) is 0. The Kier molecular flexibility index (Phi) is 3.94. The predicted molar refractivity (Wildman–Crippen MR) is 102 cm³/mol. The maximum absolute atomic E-state index is 6.31. The van der Waals surface area contributed by atoms with Gasteiger partial charge >= 0.3 is 0 Å². The minimum absolute atomic E-state index is 0.673. The van der Waals surface area contributed by atoms with E-state index in [1.54, 1.807) is 0 Å². The first-order chi connectivity index (χ1) is 12.1. The normalized spacial score (nSPS) is 11.0. The second kappa shape index (κ2) is 6.26. The minimum Gasteiger partial charge on any atom is -0.453 e. The van der Waals surface area contributed by atoms with Crippen molar-refractivity contribution >= 4 is 11.6 Å². The van der Waals surface area contributed by atoms with Crippen LogP contribution in [0.5, 0.6) is 0 Å². The summed E-state index contributed by atoms with van der Waals surface area (Å²) in [5, 5.41) is 0.673. The number of aryl methyl sites for hydroxylation is 2. The Labute approximate surface area is 151 Å². The Morgan fingerprint density at radius 2 is 1.68 bits per heavy atom. The highest BCUT2D eigenvalue weighted by molar-refractivity contribution is 6.33. The van der Waals surface area contributed by atoms with E-state index >= 15 is 0 Å². The number of nitrogens with one attached hydrogen (secondary N) is 1. The summed E-state index contributed by atoms with van der Waals surface area (Å²) >= 11 is 6.31. The van der Waals surface area contributed by atoms with Crippen molar-refractivity contribution in [2.45, 2.75) is 13.8 Å². The number of furan rings is 1. The SMILES string of the molecule is Cc1ccc(Cl)c(-c2ccc(-c3nc(-c4ccccc4)c(C)[nH]3)o2)c1. The second-order valence-electron chi connectivity index (χ2n) is 6.07. The van der Waals surface area contributed by atoms with Gasteiger partial charge in [-0.2, -0.15) is 0 Å². The molecule has 124 valence electrons. The summed E-state index contributed by atoms with van der Waals surface area (Å²) in [6.45, 7) is 4.05. The van der Waals surface area contributed by atoms with Gasteiger partial charge in [0.2, 0.25) is 0 Å². The molecule has 2 aromatic carbocycles. The van der Waals surface area contributed by atoms with Gasteiger partial charge < -0.3 is 9.40 Å². The summed E-state index contributed by atoms with van der Waals surface area (Å²) in [7, 11) is 0. The summed E-state index contributed by atoms with van der Waals surface area (Å²) < 4.78 is 6.02. The number of hydrogen-bond acceptors (Lipinski definition) is 2. The molecule has 0 amide bonds. The molecule has 0 unspecified atom stereocenters. The molecule has 4 rings (SSSR count). The van der Waals surface area contributed by atoms with E-state index in [1.165, 1.54) is 0 Å². The zero-order valence-corrected chi connectivity index (χ0v) is 14.8. The number of nitrogens with zero attached hydrogens (tertiary/aromatic N) is 1. The van der Waals surface area contributed by atoms with E-state index in [4.69, 9.17) is 21.0 Å². The molecule has 0 saturated carbocycles. The lowest BCUT2D eigenvalue weighted by Crippen LogP contribution is -1.80. The standard InChI is InChI=1S/C21H17ClN2O/c1-13-8-9-17(22)16(12-13)18-10-11-19(25-18)21-23-14(2)20(24-21)15-6-4-3-5-7-15/h3-12H,1-2H3,(H,23,24). The molecule has 2 heterocycles. The van der Waals surface area contributed by atoms with Crippen molar-refractivity contribution in [3.05, 3.63) is 76.9 Å². The summed E-state index contributed by atoms with van der Waals surface area (Å²) in [6, 6.07) is 19.8. The molecular weight excluding hydrogens is 332 g/mol. The Morgan fingerprint density at radius 3 is 2.48 bits per heavy atom. The van der Waals surface area contributed by atoms with Gasteiger partial charge in [-0.25, -0.2) is 4.98 Å². The monoisotopic (exact) mass is 348 g/mol. The van der Waals surface area contributed by atoms with Gasteiger partial charge in [-0.3, -0.25) is 0 Å². The van der Waals surface area contributed by atoms with Gasteiger partial charge in [0.15, 0.2) is 11.6 Å². The van der Waals surface area contributed by atoms with E-state index in [0.29, 0.717) is 16.6 Å². The Balaban J connectivity index is 1.73. The van der Waals surface area contributed by atoms with E-state index in [1.807, 2.05) is 74.5 Å². The van der Waals surface area contributed by atoms with Crippen LogP contribution < -0.4 is 0 Å². The van der Waals surface area contributed by atoms with Gasteiger partial charge in [0.05, 0.1) is 10.7 Å². The van der Waals surface area contributed by atoms with Gasteiger partial charge in [-0.15, -0.1) is 0 Å². The van der Waals surface area contributed by atoms with Crippen LogP contribution in [0.15, 0.2) is 65.1 Å². The number of imidazole rings is 1. The molecule has 2 aromatic heterocycles. The van der Waals surface area contributed by atoms with E-state index in [0.717, 1.165) is 33.8 Å². The van der Waals surface area contributed by atoms with Crippen molar-refractivity contribution < 1.29 is 4.42 Å². The molecule has 0 aliphatic heterocycles. The Morgan fingerprint density at radius 1 is 0.920 bits per heavy atom. The van der Waals surface area contributed by atoms with Crippen LogP contribution in [0.2, 0.25) is 5.02 Å². The number of halogens is 1. The first kappa shape index (κ1) is 15.7. The molecule has 4 aromatic rings. The fraction of sp³-hybridized carbons (Fsp3) is 0.0952. The Hall–Kier alpha value is -2.78. The zero-order chi connectivity index (χ0) is 17.4. The van der Waals surface area contributed by atoms with Crippen molar-refractivity contribution in [1.82, 2.24) is 9.97 Å². The first-order valence-electron chi connectivity index (χ1n) is 8.10. The van der Waals surface area contributed by atoms with Crippen molar-refractivity contribution in [3.8, 4) is 34.2 Å².